The van der Waals surface area contributed by atoms with Gasteiger partial charge in [-0.2, -0.15) is 0 Å². The summed E-state index contributed by atoms with van der Waals surface area (Å²) in [5.41, 5.74) is 3.48. The maximum Gasteiger partial charge on any atom is 0.146 e. The first-order valence-electron chi connectivity index (χ1n) is 9.35. The second kappa shape index (κ2) is 9.05. The van der Waals surface area contributed by atoms with Crippen molar-refractivity contribution in [3.05, 3.63) is 82.7 Å². The molecule has 1 aromatic heterocycles. The van der Waals surface area contributed by atoms with E-state index in [2.05, 4.69) is 17.0 Å². The molecule has 0 radical (unpaired) electrons. The molecule has 0 saturated carbocycles. The van der Waals surface area contributed by atoms with Gasteiger partial charge in [-0.1, -0.05) is 36.1 Å². The third kappa shape index (κ3) is 5.11. The van der Waals surface area contributed by atoms with Crippen LogP contribution in [0.2, 0.25) is 0 Å². The molecule has 0 spiro atoms. The molecule has 142 valence electrons. The van der Waals surface area contributed by atoms with Gasteiger partial charge >= 0.3 is 0 Å². The van der Waals surface area contributed by atoms with Crippen LogP contribution in [0, 0.1) is 18.8 Å². The predicted molar refractivity (Wildman–Crippen MR) is 108 cm³/mol. The highest BCUT2D eigenvalue weighted by Gasteiger charge is 2.17. The SMILES string of the molecule is CCOc1ccc(C#Cc2ccc(C(C)C(=O)Cc3cc(C)on3)cc2)cc1. The Bertz CT molecular complexity index is 989. The van der Waals surface area contributed by atoms with Crippen molar-refractivity contribution in [2.45, 2.75) is 33.1 Å². The quantitative estimate of drug-likeness (QED) is 0.588. The highest BCUT2D eigenvalue weighted by molar-refractivity contribution is 5.87. The number of aromatic nitrogens is 1. The highest BCUT2D eigenvalue weighted by atomic mass is 16.5. The fourth-order valence-electron chi connectivity index (χ4n) is 2.82. The number of aryl methyl sites for hydroxylation is 1. The Morgan fingerprint density at radius 1 is 1.07 bits per heavy atom. The fraction of sp³-hybridized carbons (Fsp3) is 0.250. The lowest BCUT2D eigenvalue weighted by Crippen LogP contribution is -2.12. The highest BCUT2D eigenvalue weighted by Crippen LogP contribution is 2.19. The Labute approximate surface area is 165 Å². The van der Waals surface area contributed by atoms with Crippen molar-refractivity contribution in [2.24, 2.45) is 0 Å². The zero-order chi connectivity index (χ0) is 19.9. The van der Waals surface area contributed by atoms with E-state index >= 15 is 0 Å². The first kappa shape index (κ1) is 19.4. The van der Waals surface area contributed by atoms with E-state index in [1.54, 1.807) is 6.07 Å². The minimum Gasteiger partial charge on any atom is -0.494 e. The maximum atomic E-state index is 12.5. The number of ether oxygens (including phenoxy) is 1. The molecule has 0 amide bonds. The number of hydrogen-bond donors (Lipinski definition) is 0. The minimum absolute atomic E-state index is 0.113. The van der Waals surface area contributed by atoms with Crippen LogP contribution in [0.1, 0.15) is 47.9 Å². The molecule has 0 N–H and O–H groups in total. The summed E-state index contributed by atoms with van der Waals surface area (Å²) in [4.78, 5) is 12.5. The maximum absolute atomic E-state index is 12.5. The Morgan fingerprint density at radius 3 is 2.21 bits per heavy atom. The summed E-state index contributed by atoms with van der Waals surface area (Å²) in [6.45, 7) is 6.34. The zero-order valence-corrected chi connectivity index (χ0v) is 16.4. The summed E-state index contributed by atoms with van der Waals surface area (Å²) >= 11 is 0. The van der Waals surface area contributed by atoms with Crippen LogP contribution < -0.4 is 4.74 Å². The van der Waals surface area contributed by atoms with Crippen molar-refractivity contribution in [2.75, 3.05) is 6.61 Å². The second-order valence-corrected chi connectivity index (χ2v) is 6.62. The number of Topliss-reactive ketones (excluding diaryl/α,β-unsaturated/α-hetero) is 1. The molecule has 1 unspecified atom stereocenters. The summed E-state index contributed by atoms with van der Waals surface area (Å²) in [7, 11) is 0. The second-order valence-electron chi connectivity index (χ2n) is 6.62. The van der Waals surface area contributed by atoms with Gasteiger partial charge in [0.2, 0.25) is 0 Å². The fourth-order valence-corrected chi connectivity index (χ4v) is 2.82. The van der Waals surface area contributed by atoms with Gasteiger partial charge in [0, 0.05) is 23.1 Å². The summed E-state index contributed by atoms with van der Waals surface area (Å²) < 4.78 is 10.5. The lowest BCUT2D eigenvalue weighted by molar-refractivity contribution is -0.119. The van der Waals surface area contributed by atoms with Crippen LogP contribution in [-0.2, 0) is 11.2 Å². The summed E-state index contributed by atoms with van der Waals surface area (Å²) in [6, 6.07) is 17.3. The number of benzene rings is 2. The van der Waals surface area contributed by atoms with E-state index in [0.29, 0.717) is 18.1 Å². The zero-order valence-electron chi connectivity index (χ0n) is 16.4. The smallest absolute Gasteiger partial charge is 0.146 e. The minimum atomic E-state index is -0.204. The van der Waals surface area contributed by atoms with Crippen molar-refractivity contribution in [3.63, 3.8) is 0 Å². The normalized spacial score (nSPS) is 11.4. The van der Waals surface area contributed by atoms with Gasteiger partial charge in [-0.3, -0.25) is 4.79 Å². The average molecular weight is 373 g/mol. The Hall–Kier alpha value is -3.32. The Morgan fingerprint density at radius 2 is 1.68 bits per heavy atom. The molecule has 4 nitrogen and oxygen atoms in total. The summed E-state index contributed by atoms with van der Waals surface area (Å²) in [5.74, 6) is 7.76. The van der Waals surface area contributed by atoms with E-state index in [1.165, 1.54) is 0 Å². The molecule has 2 aromatic carbocycles. The number of nitrogens with zero attached hydrogens (tertiary/aromatic N) is 1. The molecule has 1 heterocycles. The van der Waals surface area contributed by atoms with Crippen LogP contribution >= 0.6 is 0 Å². The van der Waals surface area contributed by atoms with Gasteiger partial charge in [0.25, 0.3) is 0 Å². The number of hydrogen-bond acceptors (Lipinski definition) is 4. The van der Waals surface area contributed by atoms with Gasteiger partial charge in [0.05, 0.1) is 18.7 Å². The van der Waals surface area contributed by atoms with Crippen LogP contribution in [-0.4, -0.2) is 17.5 Å². The Kier molecular flexibility index (Phi) is 6.29. The molecule has 0 aliphatic rings. The summed E-state index contributed by atoms with van der Waals surface area (Å²) in [6.07, 6.45) is 0.276. The topological polar surface area (TPSA) is 52.3 Å². The first-order valence-corrected chi connectivity index (χ1v) is 9.35. The van der Waals surface area contributed by atoms with E-state index in [0.717, 1.165) is 22.4 Å². The molecule has 28 heavy (non-hydrogen) atoms. The molecule has 0 bridgehead atoms. The third-order valence-electron chi connectivity index (χ3n) is 4.44. The van der Waals surface area contributed by atoms with Crippen LogP contribution in [0.25, 0.3) is 0 Å². The number of rotatable bonds is 6. The first-order chi connectivity index (χ1) is 13.5. The van der Waals surface area contributed by atoms with Crippen LogP contribution in [0.5, 0.6) is 5.75 Å². The third-order valence-corrected chi connectivity index (χ3v) is 4.44. The Balaban J connectivity index is 1.63. The molecule has 4 heteroatoms. The molecular weight excluding hydrogens is 350 g/mol. The van der Waals surface area contributed by atoms with Gasteiger partial charge in [-0.15, -0.1) is 0 Å². The van der Waals surface area contributed by atoms with E-state index in [4.69, 9.17) is 9.26 Å². The molecule has 0 saturated heterocycles. The summed E-state index contributed by atoms with van der Waals surface area (Å²) in [5, 5.41) is 3.89. The molecular formula is C24H23NO3. The van der Waals surface area contributed by atoms with E-state index < -0.39 is 0 Å². The lowest BCUT2D eigenvalue weighted by atomic mass is 9.93. The van der Waals surface area contributed by atoms with Gasteiger partial charge < -0.3 is 9.26 Å². The lowest BCUT2D eigenvalue weighted by Gasteiger charge is -2.09. The van der Waals surface area contributed by atoms with Crippen LogP contribution in [0.3, 0.4) is 0 Å². The van der Waals surface area contributed by atoms with Crippen molar-refractivity contribution < 1.29 is 14.1 Å². The molecule has 0 aliphatic heterocycles. The van der Waals surface area contributed by atoms with Crippen molar-refractivity contribution in [1.82, 2.24) is 5.16 Å². The molecule has 3 rings (SSSR count). The number of carbonyl (C=O) groups is 1. The van der Waals surface area contributed by atoms with Gasteiger partial charge in [0.1, 0.15) is 17.3 Å². The average Bonchev–Trinajstić information content (AvgIpc) is 3.12. The molecule has 0 aliphatic carbocycles. The van der Waals surface area contributed by atoms with Crippen LogP contribution in [0.4, 0.5) is 0 Å². The van der Waals surface area contributed by atoms with E-state index in [-0.39, 0.29) is 18.1 Å². The molecule has 0 fully saturated rings. The molecule has 3 aromatic rings. The van der Waals surface area contributed by atoms with E-state index in [9.17, 15) is 4.79 Å². The number of carbonyl (C=O) groups excluding carboxylic acids is 1. The van der Waals surface area contributed by atoms with Gasteiger partial charge in [-0.25, -0.2) is 0 Å². The number of ketones is 1. The van der Waals surface area contributed by atoms with Crippen molar-refractivity contribution >= 4 is 5.78 Å². The monoisotopic (exact) mass is 373 g/mol. The molecule has 1 atom stereocenters. The van der Waals surface area contributed by atoms with Crippen LogP contribution in [0.15, 0.2) is 59.1 Å². The van der Waals surface area contributed by atoms with Gasteiger partial charge in [0.15, 0.2) is 0 Å². The predicted octanol–water partition coefficient (Wildman–Crippen LogP) is 4.70. The van der Waals surface area contributed by atoms with Gasteiger partial charge in [-0.05, 0) is 55.8 Å². The standard InChI is InChI=1S/C24H23NO3/c1-4-27-23-13-9-20(10-14-23)6-5-19-7-11-21(12-8-19)18(3)24(26)16-22-15-17(2)28-25-22/h7-15,18H,4,16H2,1-3H3. The van der Waals surface area contributed by atoms with E-state index in [1.807, 2.05) is 69.3 Å². The van der Waals surface area contributed by atoms with Crippen molar-refractivity contribution in [1.29, 1.82) is 0 Å². The largest absolute Gasteiger partial charge is 0.494 e. The van der Waals surface area contributed by atoms with Crippen molar-refractivity contribution in [3.8, 4) is 17.6 Å².